The van der Waals surface area contributed by atoms with E-state index in [2.05, 4.69) is 10.6 Å². The molecule has 142 valence electrons. The van der Waals surface area contributed by atoms with Crippen LogP contribution in [-0.2, 0) is 16.2 Å². The van der Waals surface area contributed by atoms with Crippen molar-refractivity contribution in [3.8, 4) is 5.75 Å². The van der Waals surface area contributed by atoms with Crippen LogP contribution in [0.2, 0.25) is 0 Å². The minimum Gasteiger partial charge on any atom is -0.489 e. The van der Waals surface area contributed by atoms with Crippen molar-refractivity contribution in [3.05, 3.63) is 89.5 Å². The number of nitrogens with one attached hydrogen (secondary N) is 2. The first-order valence-corrected chi connectivity index (χ1v) is 8.97. The summed E-state index contributed by atoms with van der Waals surface area (Å²) in [5.74, 6) is -0.756. The smallest absolute Gasteiger partial charge is 0.314 e. The number of aryl methyl sites for hydroxylation is 2. The van der Waals surface area contributed by atoms with E-state index in [0.717, 1.165) is 16.7 Å². The fourth-order valence-electron chi connectivity index (χ4n) is 2.80. The molecule has 0 aliphatic rings. The van der Waals surface area contributed by atoms with Crippen LogP contribution in [0.4, 0.5) is 11.4 Å². The molecule has 2 amide bonds. The lowest BCUT2D eigenvalue weighted by Gasteiger charge is -2.09. The molecule has 3 aromatic carbocycles. The molecule has 2 N–H and O–H groups in total. The van der Waals surface area contributed by atoms with E-state index in [4.69, 9.17) is 4.74 Å². The first-order valence-electron chi connectivity index (χ1n) is 8.97. The molecule has 0 heterocycles. The van der Waals surface area contributed by atoms with Crippen molar-refractivity contribution in [2.24, 2.45) is 0 Å². The Balaban J connectivity index is 1.54. The number of ether oxygens (including phenoxy) is 1. The number of anilines is 2. The first kappa shape index (κ1) is 19.2. The van der Waals surface area contributed by atoms with Gasteiger partial charge >= 0.3 is 11.8 Å². The maximum absolute atomic E-state index is 12.1. The normalized spacial score (nSPS) is 10.2. The third kappa shape index (κ3) is 5.45. The number of rotatable bonds is 5. The zero-order valence-electron chi connectivity index (χ0n) is 15.9. The molecule has 0 radical (unpaired) electrons. The van der Waals surface area contributed by atoms with Gasteiger partial charge in [0, 0.05) is 11.4 Å². The highest BCUT2D eigenvalue weighted by molar-refractivity contribution is 6.43. The van der Waals surface area contributed by atoms with Crippen LogP contribution in [0, 0.1) is 13.8 Å². The second-order valence-electron chi connectivity index (χ2n) is 6.58. The number of carbonyl (C=O) groups is 2. The summed E-state index contributed by atoms with van der Waals surface area (Å²) >= 11 is 0. The molecule has 0 fully saturated rings. The summed E-state index contributed by atoms with van der Waals surface area (Å²) in [7, 11) is 0. The van der Waals surface area contributed by atoms with E-state index in [-0.39, 0.29) is 0 Å². The second-order valence-corrected chi connectivity index (χ2v) is 6.58. The zero-order chi connectivity index (χ0) is 19.9. The highest BCUT2D eigenvalue weighted by atomic mass is 16.5. The van der Waals surface area contributed by atoms with Crippen molar-refractivity contribution in [2.45, 2.75) is 20.5 Å². The maximum atomic E-state index is 12.1. The maximum Gasteiger partial charge on any atom is 0.314 e. The molecule has 0 saturated carbocycles. The number of hydrogen-bond acceptors (Lipinski definition) is 3. The Bertz CT molecular complexity index is 947. The van der Waals surface area contributed by atoms with Crippen molar-refractivity contribution in [1.29, 1.82) is 0 Å². The van der Waals surface area contributed by atoms with Gasteiger partial charge in [0.1, 0.15) is 12.4 Å². The summed E-state index contributed by atoms with van der Waals surface area (Å²) in [6.45, 7) is 4.33. The average molecular weight is 374 g/mol. The minimum absolute atomic E-state index is 0.463. The van der Waals surface area contributed by atoms with Crippen LogP contribution < -0.4 is 15.4 Å². The van der Waals surface area contributed by atoms with E-state index in [1.807, 2.05) is 62.4 Å². The first-order chi connectivity index (χ1) is 13.5. The summed E-state index contributed by atoms with van der Waals surface area (Å²) < 4.78 is 5.71. The van der Waals surface area contributed by atoms with Gasteiger partial charge in [0.15, 0.2) is 0 Å². The molecule has 0 saturated heterocycles. The molecule has 0 aliphatic carbocycles. The summed E-state index contributed by atoms with van der Waals surface area (Å²) in [4.78, 5) is 24.2. The third-order valence-electron chi connectivity index (χ3n) is 4.05. The predicted octanol–water partition coefficient (Wildman–Crippen LogP) is 4.46. The van der Waals surface area contributed by atoms with E-state index in [9.17, 15) is 9.59 Å². The molecule has 0 spiro atoms. The van der Waals surface area contributed by atoms with Crippen LogP contribution in [0.3, 0.4) is 0 Å². The number of amides is 2. The van der Waals surface area contributed by atoms with Crippen molar-refractivity contribution in [2.75, 3.05) is 10.6 Å². The van der Waals surface area contributed by atoms with E-state index in [1.165, 1.54) is 0 Å². The Morgan fingerprint density at radius 3 is 1.93 bits per heavy atom. The number of hydrogen-bond donors (Lipinski definition) is 2. The number of benzene rings is 3. The summed E-state index contributed by atoms with van der Waals surface area (Å²) in [6.07, 6.45) is 0. The molecule has 28 heavy (non-hydrogen) atoms. The van der Waals surface area contributed by atoms with Crippen LogP contribution in [0.25, 0.3) is 0 Å². The Hall–Kier alpha value is -3.60. The molecule has 0 aliphatic heterocycles. The standard InChI is InChI=1S/C23H22N2O3/c1-16-12-17(2)14-20(13-16)25-23(27)22(26)24-19-8-10-21(11-9-19)28-15-18-6-4-3-5-7-18/h3-14H,15H2,1-2H3,(H,24,26)(H,25,27). The van der Waals surface area contributed by atoms with Gasteiger partial charge < -0.3 is 15.4 Å². The van der Waals surface area contributed by atoms with Gasteiger partial charge in [0.05, 0.1) is 0 Å². The van der Waals surface area contributed by atoms with Gasteiger partial charge in [-0.3, -0.25) is 9.59 Å². The zero-order valence-corrected chi connectivity index (χ0v) is 15.9. The van der Waals surface area contributed by atoms with Gasteiger partial charge in [-0.1, -0.05) is 36.4 Å². The van der Waals surface area contributed by atoms with Crippen LogP contribution in [0.1, 0.15) is 16.7 Å². The van der Waals surface area contributed by atoms with Gasteiger partial charge in [0.2, 0.25) is 0 Å². The number of carbonyl (C=O) groups excluding carboxylic acids is 2. The van der Waals surface area contributed by atoms with Gasteiger partial charge in [-0.25, -0.2) is 0 Å². The molecular weight excluding hydrogens is 352 g/mol. The summed E-state index contributed by atoms with van der Waals surface area (Å²) in [5, 5.41) is 5.20. The lowest BCUT2D eigenvalue weighted by molar-refractivity contribution is -0.132. The van der Waals surface area contributed by atoms with Crippen LogP contribution in [-0.4, -0.2) is 11.8 Å². The average Bonchev–Trinajstić information content (AvgIpc) is 2.67. The Kier molecular flexibility index (Phi) is 6.07. The Morgan fingerprint density at radius 2 is 1.32 bits per heavy atom. The van der Waals surface area contributed by atoms with E-state index in [1.54, 1.807) is 24.3 Å². The molecule has 0 atom stereocenters. The van der Waals surface area contributed by atoms with Crippen LogP contribution >= 0.6 is 0 Å². The topological polar surface area (TPSA) is 67.4 Å². The summed E-state index contributed by atoms with van der Waals surface area (Å²) in [6, 6.07) is 22.4. The third-order valence-corrected chi connectivity index (χ3v) is 4.05. The van der Waals surface area contributed by atoms with Gasteiger partial charge in [-0.05, 0) is 66.9 Å². The molecule has 0 bridgehead atoms. The monoisotopic (exact) mass is 374 g/mol. The van der Waals surface area contributed by atoms with Crippen molar-refractivity contribution < 1.29 is 14.3 Å². The molecule has 3 rings (SSSR count). The Labute approximate surface area is 164 Å². The van der Waals surface area contributed by atoms with Crippen molar-refractivity contribution >= 4 is 23.2 Å². The molecule has 5 heteroatoms. The van der Waals surface area contributed by atoms with E-state index in [0.29, 0.717) is 23.7 Å². The van der Waals surface area contributed by atoms with Crippen LogP contribution in [0.15, 0.2) is 72.8 Å². The molecule has 5 nitrogen and oxygen atoms in total. The van der Waals surface area contributed by atoms with E-state index < -0.39 is 11.8 Å². The Morgan fingerprint density at radius 1 is 0.750 bits per heavy atom. The highest BCUT2D eigenvalue weighted by Crippen LogP contribution is 2.18. The van der Waals surface area contributed by atoms with Crippen LogP contribution in [0.5, 0.6) is 5.75 Å². The van der Waals surface area contributed by atoms with Crippen molar-refractivity contribution in [1.82, 2.24) is 0 Å². The lowest BCUT2D eigenvalue weighted by Crippen LogP contribution is -2.29. The van der Waals surface area contributed by atoms with Gasteiger partial charge in [-0.2, -0.15) is 0 Å². The molecule has 0 aromatic heterocycles. The molecule has 0 unspecified atom stereocenters. The van der Waals surface area contributed by atoms with E-state index >= 15 is 0 Å². The quantitative estimate of drug-likeness (QED) is 0.648. The summed E-state index contributed by atoms with van der Waals surface area (Å²) in [5.41, 5.74) is 4.22. The van der Waals surface area contributed by atoms with Gasteiger partial charge in [0.25, 0.3) is 0 Å². The second kappa shape index (κ2) is 8.86. The molecular formula is C23H22N2O3. The minimum atomic E-state index is -0.725. The predicted molar refractivity (Wildman–Crippen MR) is 110 cm³/mol. The largest absolute Gasteiger partial charge is 0.489 e. The van der Waals surface area contributed by atoms with Crippen molar-refractivity contribution in [3.63, 3.8) is 0 Å². The van der Waals surface area contributed by atoms with Gasteiger partial charge in [-0.15, -0.1) is 0 Å². The lowest BCUT2D eigenvalue weighted by atomic mass is 10.1. The molecule has 3 aromatic rings. The fraction of sp³-hybridized carbons (Fsp3) is 0.130. The fourth-order valence-corrected chi connectivity index (χ4v) is 2.80. The highest BCUT2D eigenvalue weighted by Gasteiger charge is 2.14. The SMILES string of the molecule is Cc1cc(C)cc(NC(=O)C(=O)Nc2ccc(OCc3ccccc3)cc2)c1.